The van der Waals surface area contributed by atoms with E-state index in [-0.39, 0.29) is 23.9 Å². The molecule has 0 spiro atoms. The van der Waals surface area contributed by atoms with Crippen LogP contribution in [0.1, 0.15) is 40.5 Å². The molecule has 0 heterocycles. The molecule has 1 aliphatic rings. The fourth-order valence-corrected chi connectivity index (χ4v) is 1.80. The van der Waals surface area contributed by atoms with Gasteiger partial charge in [0.05, 0.1) is 12.0 Å². The molecule has 3 nitrogen and oxygen atoms in total. The Kier molecular flexibility index (Phi) is 3.20. The second kappa shape index (κ2) is 3.89. The zero-order valence-electron chi connectivity index (χ0n) is 9.41. The standard InChI is InChI=1S/C11H20O3/c1-7-5-8(6-9(7)12)10(13)14-11(2,3)4/h7-9,12H,5-6H2,1-4H3/t7-,8?,9-/m1/s1. The summed E-state index contributed by atoms with van der Waals surface area (Å²) in [4.78, 5) is 11.6. The van der Waals surface area contributed by atoms with Crippen LogP contribution >= 0.6 is 0 Å². The van der Waals surface area contributed by atoms with Crippen LogP contribution in [0, 0.1) is 11.8 Å². The van der Waals surface area contributed by atoms with Crippen molar-refractivity contribution in [3.05, 3.63) is 0 Å². The average Bonchev–Trinajstić information content (AvgIpc) is 2.28. The van der Waals surface area contributed by atoms with E-state index >= 15 is 0 Å². The first-order valence-electron chi connectivity index (χ1n) is 5.20. The largest absolute Gasteiger partial charge is 0.460 e. The lowest BCUT2D eigenvalue weighted by atomic mass is 10.1. The number of carbonyl (C=O) groups excluding carboxylic acids is 1. The summed E-state index contributed by atoms with van der Waals surface area (Å²) in [7, 11) is 0. The summed E-state index contributed by atoms with van der Waals surface area (Å²) in [6, 6.07) is 0. The van der Waals surface area contributed by atoms with Crippen LogP contribution < -0.4 is 0 Å². The number of hydrogen-bond acceptors (Lipinski definition) is 3. The molecule has 0 saturated heterocycles. The fraction of sp³-hybridized carbons (Fsp3) is 0.909. The van der Waals surface area contributed by atoms with E-state index in [1.165, 1.54) is 0 Å². The molecule has 0 aliphatic heterocycles. The Hall–Kier alpha value is -0.570. The molecule has 0 amide bonds. The van der Waals surface area contributed by atoms with Gasteiger partial charge < -0.3 is 9.84 Å². The molecular weight excluding hydrogens is 180 g/mol. The minimum absolute atomic E-state index is 0.112. The Morgan fingerprint density at radius 2 is 1.93 bits per heavy atom. The van der Waals surface area contributed by atoms with E-state index in [1.54, 1.807) is 0 Å². The van der Waals surface area contributed by atoms with E-state index in [4.69, 9.17) is 4.74 Å². The highest BCUT2D eigenvalue weighted by Gasteiger charge is 2.36. The van der Waals surface area contributed by atoms with Crippen LogP contribution in [0.2, 0.25) is 0 Å². The quantitative estimate of drug-likeness (QED) is 0.656. The predicted octanol–water partition coefficient (Wildman–Crippen LogP) is 1.74. The van der Waals surface area contributed by atoms with Gasteiger partial charge in [0.2, 0.25) is 0 Å². The van der Waals surface area contributed by atoms with Gasteiger partial charge in [0.15, 0.2) is 0 Å². The number of ether oxygens (including phenoxy) is 1. The van der Waals surface area contributed by atoms with Gasteiger partial charge in [-0.1, -0.05) is 6.92 Å². The van der Waals surface area contributed by atoms with Gasteiger partial charge in [-0.2, -0.15) is 0 Å². The van der Waals surface area contributed by atoms with Crippen molar-refractivity contribution in [3.8, 4) is 0 Å². The molecule has 0 aromatic carbocycles. The third-order valence-electron chi connectivity index (χ3n) is 2.58. The van der Waals surface area contributed by atoms with Crippen molar-refractivity contribution >= 4 is 5.97 Å². The highest BCUT2D eigenvalue weighted by molar-refractivity contribution is 5.73. The van der Waals surface area contributed by atoms with Gasteiger partial charge in [-0.05, 0) is 39.5 Å². The Morgan fingerprint density at radius 3 is 2.29 bits per heavy atom. The lowest BCUT2D eigenvalue weighted by Gasteiger charge is -2.21. The van der Waals surface area contributed by atoms with Crippen LogP contribution in [-0.4, -0.2) is 22.8 Å². The van der Waals surface area contributed by atoms with Gasteiger partial charge >= 0.3 is 5.97 Å². The minimum Gasteiger partial charge on any atom is -0.460 e. The van der Waals surface area contributed by atoms with Gasteiger partial charge in [0.25, 0.3) is 0 Å². The zero-order valence-corrected chi connectivity index (χ0v) is 9.41. The molecule has 1 aliphatic carbocycles. The average molecular weight is 200 g/mol. The number of carbonyl (C=O) groups is 1. The molecule has 1 N–H and O–H groups in total. The summed E-state index contributed by atoms with van der Waals surface area (Å²) < 4.78 is 5.27. The van der Waals surface area contributed by atoms with E-state index in [9.17, 15) is 9.90 Å². The highest BCUT2D eigenvalue weighted by Crippen LogP contribution is 2.32. The second-order valence-electron chi connectivity index (χ2n) is 5.25. The predicted molar refractivity (Wildman–Crippen MR) is 53.7 cm³/mol. The summed E-state index contributed by atoms with van der Waals surface area (Å²) in [6.07, 6.45) is 0.958. The Morgan fingerprint density at radius 1 is 1.36 bits per heavy atom. The fourth-order valence-electron chi connectivity index (χ4n) is 1.80. The lowest BCUT2D eigenvalue weighted by Crippen LogP contribution is -2.28. The van der Waals surface area contributed by atoms with Crippen molar-refractivity contribution in [1.82, 2.24) is 0 Å². The lowest BCUT2D eigenvalue weighted by molar-refractivity contribution is -0.160. The van der Waals surface area contributed by atoms with E-state index in [0.717, 1.165) is 6.42 Å². The Labute approximate surface area is 85.5 Å². The van der Waals surface area contributed by atoms with Crippen molar-refractivity contribution in [2.24, 2.45) is 11.8 Å². The van der Waals surface area contributed by atoms with Crippen LogP contribution in [0.4, 0.5) is 0 Å². The second-order valence-corrected chi connectivity index (χ2v) is 5.25. The van der Waals surface area contributed by atoms with Crippen molar-refractivity contribution < 1.29 is 14.6 Å². The van der Waals surface area contributed by atoms with Gasteiger partial charge in [-0.3, -0.25) is 4.79 Å². The molecule has 1 unspecified atom stereocenters. The topological polar surface area (TPSA) is 46.5 Å². The highest BCUT2D eigenvalue weighted by atomic mass is 16.6. The maximum Gasteiger partial charge on any atom is 0.309 e. The van der Waals surface area contributed by atoms with Gasteiger partial charge in [0, 0.05) is 0 Å². The summed E-state index contributed by atoms with van der Waals surface area (Å²) >= 11 is 0. The molecule has 82 valence electrons. The smallest absolute Gasteiger partial charge is 0.309 e. The number of esters is 1. The first-order chi connectivity index (χ1) is 6.29. The van der Waals surface area contributed by atoms with Gasteiger partial charge in [-0.25, -0.2) is 0 Å². The molecular formula is C11H20O3. The number of aliphatic hydroxyl groups is 1. The molecule has 0 aromatic rings. The SMILES string of the molecule is C[C@@H]1CC(C(=O)OC(C)(C)C)C[C@H]1O. The summed E-state index contributed by atoms with van der Waals surface area (Å²) in [5, 5.41) is 9.51. The van der Waals surface area contributed by atoms with E-state index in [0.29, 0.717) is 6.42 Å². The van der Waals surface area contributed by atoms with Crippen LogP contribution in [-0.2, 0) is 9.53 Å². The molecule has 1 fully saturated rings. The maximum absolute atomic E-state index is 11.6. The van der Waals surface area contributed by atoms with E-state index in [2.05, 4.69) is 0 Å². The maximum atomic E-state index is 11.6. The monoisotopic (exact) mass is 200 g/mol. The molecule has 14 heavy (non-hydrogen) atoms. The van der Waals surface area contributed by atoms with Crippen LogP contribution in [0.15, 0.2) is 0 Å². The van der Waals surface area contributed by atoms with Crippen molar-refractivity contribution in [3.63, 3.8) is 0 Å². The van der Waals surface area contributed by atoms with Crippen LogP contribution in [0.5, 0.6) is 0 Å². The molecule has 0 bridgehead atoms. The summed E-state index contributed by atoms with van der Waals surface area (Å²) in [5.41, 5.74) is -0.423. The summed E-state index contributed by atoms with van der Waals surface area (Å²) in [6.45, 7) is 7.55. The van der Waals surface area contributed by atoms with E-state index in [1.807, 2.05) is 27.7 Å². The molecule has 0 aromatic heterocycles. The number of aliphatic hydroxyl groups excluding tert-OH is 1. The van der Waals surface area contributed by atoms with Gasteiger partial charge in [0.1, 0.15) is 5.60 Å². The molecule has 3 heteroatoms. The third-order valence-corrected chi connectivity index (χ3v) is 2.58. The normalized spacial score (nSPS) is 33.1. The van der Waals surface area contributed by atoms with Crippen LogP contribution in [0.3, 0.4) is 0 Å². The first-order valence-corrected chi connectivity index (χ1v) is 5.20. The van der Waals surface area contributed by atoms with E-state index < -0.39 is 5.60 Å². The van der Waals surface area contributed by atoms with Gasteiger partial charge in [-0.15, -0.1) is 0 Å². The molecule has 3 atom stereocenters. The zero-order chi connectivity index (χ0) is 10.9. The Balaban J connectivity index is 2.48. The molecule has 1 saturated carbocycles. The summed E-state index contributed by atoms with van der Waals surface area (Å²) in [5.74, 6) is -0.0624. The number of hydrogen-bond donors (Lipinski definition) is 1. The minimum atomic E-state index is -0.423. The Bertz CT molecular complexity index is 207. The third kappa shape index (κ3) is 2.98. The molecule has 0 radical (unpaired) electrons. The first kappa shape index (κ1) is 11.5. The van der Waals surface area contributed by atoms with Crippen molar-refractivity contribution in [1.29, 1.82) is 0 Å². The number of rotatable bonds is 1. The van der Waals surface area contributed by atoms with Crippen molar-refractivity contribution in [2.45, 2.75) is 52.2 Å². The molecule has 1 rings (SSSR count). The van der Waals surface area contributed by atoms with Crippen LogP contribution in [0.25, 0.3) is 0 Å². The van der Waals surface area contributed by atoms with Crippen molar-refractivity contribution in [2.75, 3.05) is 0 Å².